The average Bonchev–Trinajstić information content (AvgIpc) is 2.92. The Hall–Kier alpha value is -0.890. The highest BCUT2D eigenvalue weighted by Crippen LogP contribution is 2.56. The van der Waals surface area contributed by atoms with Crippen molar-refractivity contribution in [1.82, 2.24) is 0 Å². The molecule has 2 heteroatoms. The molecule has 0 aromatic rings. The van der Waals surface area contributed by atoms with E-state index in [4.69, 9.17) is 4.74 Å². The fourth-order valence-corrected chi connectivity index (χ4v) is 4.73. The highest BCUT2D eigenvalue weighted by Gasteiger charge is 2.57. The Morgan fingerprint density at radius 2 is 2.05 bits per heavy atom. The molecule has 0 spiro atoms. The maximum absolute atomic E-state index is 12.6. The third-order valence-electron chi connectivity index (χ3n) is 6.24. The molecule has 22 heavy (non-hydrogen) atoms. The topological polar surface area (TPSA) is 29.6 Å². The van der Waals surface area contributed by atoms with Crippen LogP contribution < -0.4 is 0 Å². The van der Waals surface area contributed by atoms with E-state index in [1.165, 1.54) is 11.1 Å². The van der Waals surface area contributed by atoms with Gasteiger partial charge in [0.2, 0.25) is 0 Å². The zero-order valence-corrected chi connectivity index (χ0v) is 14.8. The van der Waals surface area contributed by atoms with E-state index in [9.17, 15) is 4.79 Å². The minimum Gasteiger partial charge on any atom is -0.366 e. The van der Waals surface area contributed by atoms with Crippen LogP contribution in [-0.2, 0) is 9.53 Å². The summed E-state index contributed by atoms with van der Waals surface area (Å²) in [5.74, 6) is 0.786. The zero-order chi connectivity index (χ0) is 16.1. The first-order valence-electron chi connectivity index (χ1n) is 8.79. The van der Waals surface area contributed by atoms with Gasteiger partial charge in [-0.05, 0) is 76.7 Å². The molecule has 0 radical (unpaired) electrons. The predicted molar refractivity (Wildman–Crippen MR) is 89.7 cm³/mol. The van der Waals surface area contributed by atoms with Gasteiger partial charge in [0, 0.05) is 6.42 Å². The summed E-state index contributed by atoms with van der Waals surface area (Å²) in [5.41, 5.74) is 3.94. The van der Waals surface area contributed by atoms with Crippen LogP contribution in [0.4, 0.5) is 0 Å². The fourth-order valence-electron chi connectivity index (χ4n) is 4.73. The van der Waals surface area contributed by atoms with E-state index in [-0.39, 0.29) is 11.0 Å². The molecule has 0 aromatic carbocycles. The Bertz CT molecular complexity index is 552. The van der Waals surface area contributed by atoms with Gasteiger partial charge >= 0.3 is 0 Å². The quantitative estimate of drug-likeness (QED) is 0.358. The molecule has 0 bridgehead atoms. The van der Waals surface area contributed by atoms with Gasteiger partial charge in [0.1, 0.15) is 0 Å². The SMILES string of the molecule is CC(C)=C1C(=O)C[C@@]2(C)C[C@@H]3O[C@@]3(C)CC/C=C(\C)CC[C@@H]12. The number of Topliss-reactive ketones (excluding diaryl/α,β-unsaturated/α-hetero) is 1. The van der Waals surface area contributed by atoms with Crippen molar-refractivity contribution in [3.8, 4) is 0 Å². The number of ketones is 1. The number of rotatable bonds is 0. The second-order valence-corrected chi connectivity index (χ2v) is 8.47. The van der Waals surface area contributed by atoms with E-state index in [1.54, 1.807) is 0 Å². The third kappa shape index (κ3) is 2.71. The molecule has 1 saturated carbocycles. The lowest BCUT2D eigenvalue weighted by Crippen LogP contribution is -2.26. The molecular weight excluding hydrogens is 272 g/mol. The maximum atomic E-state index is 12.6. The van der Waals surface area contributed by atoms with E-state index in [1.807, 2.05) is 0 Å². The molecule has 3 rings (SSSR count). The number of epoxide rings is 1. The molecule has 2 aliphatic carbocycles. The standard InChI is InChI=1S/C20H30O2/c1-13(2)18-15-9-8-14(3)7-6-10-20(5)17(22-20)12-19(15,4)11-16(18)21/h7,15,17H,6,8-12H2,1-5H3/b14-7+/t15-,17-,19-,20-/m0/s1. The van der Waals surface area contributed by atoms with Crippen LogP contribution in [0.25, 0.3) is 0 Å². The molecule has 122 valence electrons. The highest BCUT2D eigenvalue weighted by molar-refractivity contribution is 5.99. The summed E-state index contributed by atoms with van der Waals surface area (Å²) in [6.07, 6.45) is 8.92. The molecule has 2 nitrogen and oxygen atoms in total. The molecule has 1 saturated heterocycles. The lowest BCUT2D eigenvalue weighted by atomic mass is 9.71. The van der Waals surface area contributed by atoms with Gasteiger partial charge in [-0.25, -0.2) is 0 Å². The van der Waals surface area contributed by atoms with E-state index < -0.39 is 0 Å². The molecule has 2 fully saturated rings. The molecule has 4 atom stereocenters. The Kier molecular flexibility index (Phi) is 3.87. The normalized spacial score (nSPS) is 44.5. The van der Waals surface area contributed by atoms with Gasteiger partial charge in [-0.15, -0.1) is 0 Å². The van der Waals surface area contributed by atoms with E-state index in [2.05, 4.69) is 40.7 Å². The summed E-state index contributed by atoms with van der Waals surface area (Å²) in [4.78, 5) is 12.6. The number of carbonyl (C=O) groups excluding carboxylic acids is 1. The summed E-state index contributed by atoms with van der Waals surface area (Å²) in [5, 5.41) is 0. The van der Waals surface area contributed by atoms with Crippen molar-refractivity contribution in [3.05, 3.63) is 22.8 Å². The minimum absolute atomic E-state index is 0.0471. The van der Waals surface area contributed by atoms with Gasteiger partial charge in [0.25, 0.3) is 0 Å². The summed E-state index contributed by atoms with van der Waals surface area (Å²) >= 11 is 0. The Morgan fingerprint density at radius 1 is 1.32 bits per heavy atom. The first kappa shape index (κ1) is 16.0. The molecule has 3 aliphatic rings. The number of fused-ring (bicyclic) bond motifs is 2. The van der Waals surface area contributed by atoms with Crippen LogP contribution in [0.15, 0.2) is 22.8 Å². The summed E-state index contributed by atoms with van der Waals surface area (Å²) in [6, 6.07) is 0. The fraction of sp³-hybridized carbons (Fsp3) is 0.750. The van der Waals surface area contributed by atoms with E-state index >= 15 is 0 Å². The first-order chi connectivity index (χ1) is 10.3. The first-order valence-corrected chi connectivity index (χ1v) is 8.79. The van der Waals surface area contributed by atoms with E-state index in [0.29, 0.717) is 24.2 Å². The smallest absolute Gasteiger partial charge is 0.159 e. The van der Waals surface area contributed by atoms with Gasteiger partial charge in [-0.3, -0.25) is 4.79 Å². The van der Waals surface area contributed by atoms with Crippen LogP contribution in [0.5, 0.6) is 0 Å². The number of allylic oxidation sites excluding steroid dienone is 4. The van der Waals surface area contributed by atoms with Crippen molar-refractivity contribution < 1.29 is 9.53 Å². The second-order valence-electron chi connectivity index (χ2n) is 8.47. The monoisotopic (exact) mass is 302 g/mol. The maximum Gasteiger partial charge on any atom is 0.159 e. The summed E-state index contributed by atoms with van der Waals surface area (Å²) in [6.45, 7) is 11.0. The van der Waals surface area contributed by atoms with Crippen molar-refractivity contribution in [2.45, 2.75) is 84.8 Å². The number of hydrogen-bond donors (Lipinski definition) is 0. The minimum atomic E-state index is 0.0471. The Balaban J connectivity index is 1.95. The Morgan fingerprint density at radius 3 is 2.73 bits per heavy atom. The molecule has 1 aliphatic heterocycles. The molecular formula is C20H30O2. The lowest BCUT2D eigenvalue weighted by Gasteiger charge is -2.31. The highest BCUT2D eigenvalue weighted by atomic mass is 16.6. The van der Waals surface area contributed by atoms with Crippen LogP contribution in [-0.4, -0.2) is 17.5 Å². The zero-order valence-electron chi connectivity index (χ0n) is 14.8. The van der Waals surface area contributed by atoms with Gasteiger partial charge < -0.3 is 4.74 Å². The van der Waals surface area contributed by atoms with Crippen molar-refractivity contribution in [1.29, 1.82) is 0 Å². The van der Waals surface area contributed by atoms with Crippen LogP contribution in [0.1, 0.15) is 73.1 Å². The van der Waals surface area contributed by atoms with Crippen LogP contribution in [0.2, 0.25) is 0 Å². The van der Waals surface area contributed by atoms with Crippen LogP contribution >= 0.6 is 0 Å². The molecule has 0 aromatic heterocycles. The molecule has 0 N–H and O–H groups in total. The van der Waals surface area contributed by atoms with Crippen LogP contribution in [0.3, 0.4) is 0 Å². The molecule has 0 unspecified atom stereocenters. The third-order valence-corrected chi connectivity index (χ3v) is 6.24. The summed E-state index contributed by atoms with van der Waals surface area (Å²) in [7, 11) is 0. The van der Waals surface area contributed by atoms with Crippen LogP contribution in [0, 0.1) is 11.3 Å². The molecule has 0 amide bonds. The Labute approximate surface area is 135 Å². The van der Waals surface area contributed by atoms with Crippen molar-refractivity contribution in [3.63, 3.8) is 0 Å². The van der Waals surface area contributed by atoms with Gasteiger partial charge in [-0.1, -0.05) is 24.1 Å². The number of carbonyl (C=O) groups is 1. The van der Waals surface area contributed by atoms with Gasteiger partial charge in [0.05, 0.1) is 11.7 Å². The summed E-state index contributed by atoms with van der Waals surface area (Å²) < 4.78 is 6.06. The van der Waals surface area contributed by atoms with Crippen molar-refractivity contribution in [2.24, 2.45) is 11.3 Å². The predicted octanol–water partition coefficient (Wildman–Crippen LogP) is 4.99. The number of hydrogen-bond acceptors (Lipinski definition) is 2. The molecule has 1 heterocycles. The van der Waals surface area contributed by atoms with Gasteiger partial charge in [-0.2, -0.15) is 0 Å². The largest absolute Gasteiger partial charge is 0.366 e. The van der Waals surface area contributed by atoms with E-state index in [0.717, 1.165) is 37.7 Å². The average molecular weight is 302 g/mol. The second kappa shape index (κ2) is 5.33. The number of ether oxygens (including phenoxy) is 1. The van der Waals surface area contributed by atoms with Gasteiger partial charge in [0.15, 0.2) is 5.78 Å². The van der Waals surface area contributed by atoms with Crippen molar-refractivity contribution in [2.75, 3.05) is 0 Å². The van der Waals surface area contributed by atoms with Crippen molar-refractivity contribution >= 4 is 5.78 Å². The lowest BCUT2D eigenvalue weighted by molar-refractivity contribution is -0.115.